The largest absolute Gasteiger partial charge is 0.463 e. The van der Waals surface area contributed by atoms with Crippen LogP contribution < -0.4 is 0 Å². The van der Waals surface area contributed by atoms with Gasteiger partial charge in [-0.2, -0.15) is 0 Å². The Bertz CT molecular complexity index is 569. The number of ether oxygens (including phenoxy) is 1. The molecule has 3 heterocycles. The molecule has 0 N–H and O–H groups in total. The summed E-state index contributed by atoms with van der Waals surface area (Å²) in [7, 11) is 1.35. The maximum Gasteiger partial charge on any atom is 0.374 e. The van der Waals surface area contributed by atoms with E-state index >= 15 is 0 Å². The van der Waals surface area contributed by atoms with Crippen molar-refractivity contribution >= 4 is 11.9 Å². The SMILES string of the molecule is COC(=O)c1occc1CN1CCC(C(=O)N2CCCCC2)CC1. The van der Waals surface area contributed by atoms with Gasteiger partial charge in [-0.25, -0.2) is 4.79 Å². The first kappa shape index (κ1) is 17.0. The second-order valence-corrected chi connectivity index (χ2v) is 6.70. The van der Waals surface area contributed by atoms with E-state index < -0.39 is 5.97 Å². The number of hydrogen-bond donors (Lipinski definition) is 0. The van der Waals surface area contributed by atoms with Gasteiger partial charge in [0.25, 0.3) is 0 Å². The molecular formula is C18H26N2O4. The molecular weight excluding hydrogens is 308 g/mol. The highest BCUT2D eigenvalue weighted by molar-refractivity contribution is 5.87. The van der Waals surface area contributed by atoms with Crippen LogP contribution in [0.5, 0.6) is 0 Å². The van der Waals surface area contributed by atoms with E-state index in [0.29, 0.717) is 12.5 Å². The van der Waals surface area contributed by atoms with Crippen LogP contribution in [0.15, 0.2) is 16.7 Å². The van der Waals surface area contributed by atoms with E-state index in [4.69, 9.17) is 9.15 Å². The van der Waals surface area contributed by atoms with Crippen molar-refractivity contribution in [2.24, 2.45) is 5.92 Å². The van der Waals surface area contributed by atoms with Gasteiger partial charge in [0.05, 0.1) is 13.4 Å². The van der Waals surface area contributed by atoms with E-state index in [9.17, 15) is 9.59 Å². The fraction of sp³-hybridized carbons (Fsp3) is 0.667. The van der Waals surface area contributed by atoms with E-state index in [1.54, 1.807) is 0 Å². The number of methoxy groups -OCH3 is 1. The molecule has 0 bridgehead atoms. The average molecular weight is 334 g/mol. The fourth-order valence-corrected chi connectivity index (χ4v) is 3.68. The average Bonchev–Trinajstić information content (AvgIpc) is 3.10. The molecule has 2 saturated heterocycles. The van der Waals surface area contributed by atoms with E-state index in [0.717, 1.165) is 57.4 Å². The van der Waals surface area contributed by atoms with Gasteiger partial charge in [-0.05, 0) is 51.3 Å². The summed E-state index contributed by atoms with van der Waals surface area (Å²) in [4.78, 5) is 28.6. The van der Waals surface area contributed by atoms with Crippen molar-refractivity contribution in [3.63, 3.8) is 0 Å². The third kappa shape index (κ3) is 3.80. The Balaban J connectivity index is 1.51. The van der Waals surface area contributed by atoms with Crippen LogP contribution in [0.2, 0.25) is 0 Å². The summed E-state index contributed by atoms with van der Waals surface area (Å²) in [6.45, 7) is 4.25. The minimum Gasteiger partial charge on any atom is -0.463 e. The Morgan fingerprint density at radius 2 is 1.88 bits per heavy atom. The Morgan fingerprint density at radius 3 is 2.54 bits per heavy atom. The number of furan rings is 1. The van der Waals surface area contributed by atoms with Crippen LogP contribution in [0.1, 0.15) is 48.2 Å². The molecule has 1 aromatic rings. The number of carbonyl (C=O) groups is 2. The highest BCUT2D eigenvalue weighted by Crippen LogP contribution is 2.24. The fourth-order valence-electron chi connectivity index (χ4n) is 3.68. The molecule has 1 aromatic heterocycles. The van der Waals surface area contributed by atoms with Crippen LogP contribution in [0.25, 0.3) is 0 Å². The van der Waals surface area contributed by atoms with E-state index in [1.165, 1.54) is 19.8 Å². The monoisotopic (exact) mass is 334 g/mol. The molecule has 0 atom stereocenters. The molecule has 2 aliphatic rings. The molecule has 3 rings (SSSR count). The second-order valence-electron chi connectivity index (χ2n) is 6.70. The standard InChI is InChI=1S/C18H26N2O4/c1-23-18(22)16-15(7-12-24-16)13-19-10-5-14(6-11-19)17(21)20-8-3-2-4-9-20/h7,12,14H,2-6,8-11,13H2,1H3. The first-order chi connectivity index (χ1) is 11.7. The molecule has 24 heavy (non-hydrogen) atoms. The van der Waals surface area contributed by atoms with Crippen molar-refractivity contribution < 1.29 is 18.7 Å². The van der Waals surface area contributed by atoms with Crippen molar-refractivity contribution in [2.75, 3.05) is 33.3 Å². The van der Waals surface area contributed by atoms with Gasteiger partial charge >= 0.3 is 5.97 Å². The number of carbonyl (C=O) groups excluding carboxylic acids is 2. The van der Waals surface area contributed by atoms with Crippen molar-refractivity contribution in [3.05, 3.63) is 23.7 Å². The van der Waals surface area contributed by atoms with E-state index in [2.05, 4.69) is 9.80 Å². The summed E-state index contributed by atoms with van der Waals surface area (Å²) in [5, 5.41) is 0. The lowest BCUT2D eigenvalue weighted by Gasteiger charge is -2.35. The first-order valence-electron chi connectivity index (χ1n) is 8.85. The van der Waals surface area contributed by atoms with Gasteiger partial charge in [0, 0.05) is 31.1 Å². The Hall–Kier alpha value is -1.82. The van der Waals surface area contributed by atoms with Gasteiger partial charge in [-0.3, -0.25) is 9.69 Å². The molecule has 1 amide bonds. The zero-order chi connectivity index (χ0) is 16.9. The molecule has 132 valence electrons. The Morgan fingerprint density at radius 1 is 1.17 bits per heavy atom. The maximum absolute atomic E-state index is 12.6. The number of esters is 1. The molecule has 6 nitrogen and oxygen atoms in total. The lowest BCUT2D eigenvalue weighted by atomic mass is 9.94. The minimum absolute atomic E-state index is 0.156. The second kappa shape index (κ2) is 7.83. The molecule has 6 heteroatoms. The highest BCUT2D eigenvalue weighted by atomic mass is 16.5. The van der Waals surface area contributed by atoms with E-state index in [1.807, 2.05) is 6.07 Å². The van der Waals surface area contributed by atoms with Crippen LogP contribution in [0.3, 0.4) is 0 Å². The van der Waals surface area contributed by atoms with Crippen molar-refractivity contribution in [1.82, 2.24) is 9.80 Å². The van der Waals surface area contributed by atoms with Crippen LogP contribution in [0.4, 0.5) is 0 Å². The molecule has 0 saturated carbocycles. The summed E-state index contributed by atoms with van der Waals surface area (Å²) in [6.07, 6.45) is 6.83. The van der Waals surface area contributed by atoms with Crippen molar-refractivity contribution in [2.45, 2.75) is 38.6 Å². The smallest absolute Gasteiger partial charge is 0.374 e. The Kier molecular flexibility index (Phi) is 5.56. The molecule has 0 aromatic carbocycles. The molecule has 0 radical (unpaired) electrons. The van der Waals surface area contributed by atoms with Gasteiger partial charge in [0.2, 0.25) is 11.7 Å². The number of nitrogens with zero attached hydrogens (tertiary/aromatic N) is 2. The van der Waals surface area contributed by atoms with Crippen molar-refractivity contribution in [1.29, 1.82) is 0 Å². The van der Waals surface area contributed by atoms with Crippen LogP contribution in [0, 0.1) is 5.92 Å². The zero-order valence-electron chi connectivity index (χ0n) is 14.3. The lowest BCUT2D eigenvalue weighted by Crippen LogP contribution is -2.44. The number of hydrogen-bond acceptors (Lipinski definition) is 5. The Labute approximate surface area is 142 Å². The van der Waals surface area contributed by atoms with Crippen LogP contribution in [-0.4, -0.2) is 55.0 Å². The molecule has 0 spiro atoms. The van der Waals surface area contributed by atoms with Gasteiger partial charge in [0.1, 0.15) is 0 Å². The minimum atomic E-state index is -0.440. The quantitative estimate of drug-likeness (QED) is 0.791. The molecule has 2 aliphatic heterocycles. The molecule has 0 unspecified atom stereocenters. The third-order valence-electron chi connectivity index (χ3n) is 5.12. The summed E-state index contributed by atoms with van der Waals surface area (Å²) in [5.41, 5.74) is 0.850. The van der Waals surface area contributed by atoms with Crippen LogP contribution in [-0.2, 0) is 16.1 Å². The lowest BCUT2D eigenvalue weighted by molar-refractivity contribution is -0.138. The summed E-state index contributed by atoms with van der Waals surface area (Å²) < 4.78 is 9.97. The van der Waals surface area contributed by atoms with E-state index in [-0.39, 0.29) is 11.7 Å². The normalized spacial score (nSPS) is 20.1. The molecule has 2 fully saturated rings. The number of piperidine rings is 2. The van der Waals surface area contributed by atoms with Crippen molar-refractivity contribution in [3.8, 4) is 0 Å². The summed E-state index contributed by atoms with van der Waals surface area (Å²) in [6, 6.07) is 1.82. The predicted octanol–water partition coefficient (Wildman–Crippen LogP) is 2.29. The number of likely N-dealkylation sites (tertiary alicyclic amines) is 2. The number of rotatable bonds is 4. The first-order valence-corrected chi connectivity index (χ1v) is 8.85. The highest BCUT2D eigenvalue weighted by Gasteiger charge is 2.29. The zero-order valence-corrected chi connectivity index (χ0v) is 14.3. The summed E-state index contributed by atoms with van der Waals surface area (Å²) >= 11 is 0. The van der Waals surface area contributed by atoms with Gasteiger partial charge < -0.3 is 14.1 Å². The maximum atomic E-state index is 12.6. The van der Waals surface area contributed by atoms with Gasteiger partial charge in [0.15, 0.2) is 0 Å². The predicted molar refractivity (Wildman–Crippen MR) is 88.5 cm³/mol. The van der Waals surface area contributed by atoms with Crippen LogP contribution >= 0.6 is 0 Å². The van der Waals surface area contributed by atoms with Gasteiger partial charge in [-0.15, -0.1) is 0 Å². The topological polar surface area (TPSA) is 63.0 Å². The third-order valence-corrected chi connectivity index (χ3v) is 5.12. The molecule has 0 aliphatic carbocycles. The number of amides is 1. The van der Waals surface area contributed by atoms with Gasteiger partial charge in [-0.1, -0.05) is 0 Å². The summed E-state index contributed by atoms with van der Waals surface area (Å²) in [5.74, 6) is 0.339.